The van der Waals surface area contributed by atoms with Crippen LogP contribution >= 0.6 is 11.6 Å². The molecule has 0 amide bonds. The highest BCUT2D eigenvalue weighted by atomic mass is 35.5. The quantitative estimate of drug-likeness (QED) is 0.580. The van der Waals surface area contributed by atoms with Gasteiger partial charge >= 0.3 is 0 Å². The normalized spacial score (nSPS) is 27.9. The van der Waals surface area contributed by atoms with Crippen LogP contribution in [-0.4, -0.2) is 81.5 Å². The van der Waals surface area contributed by atoms with E-state index in [4.69, 9.17) is 30.8 Å². The second-order valence-corrected chi connectivity index (χ2v) is 10.7. The number of benzene rings is 1. The molecule has 1 aromatic carbocycles. The number of hydrogen-bond donors (Lipinski definition) is 2. The van der Waals surface area contributed by atoms with Gasteiger partial charge in [-0.3, -0.25) is 4.21 Å². The van der Waals surface area contributed by atoms with Gasteiger partial charge < -0.3 is 29.2 Å². The average Bonchev–Trinajstić information content (AvgIpc) is 3.51. The van der Waals surface area contributed by atoms with Crippen LogP contribution in [0.3, 0.4) is 0 Å². The Kier molecular flexibility index (Phi) is 5.54. The molecule has 4 atom stereocenters. The van der Waals surface area contributed by atoms with Gasteiger partial charge in [0, 0.05) is 52.7 Å². The van der Waals surface area contributed by atoms with E-state index in [1.54, 1.807) is 0 Å². The lowest BCUT2D eigenvalue weighted by atomic mass is 10.1. The van der Waals surface area contributed by atoms with E-state index in [0.29, 0.717) is 34.7 Å². The lowest BCUT2D eigenvalue weighted by Gasteiger charge is -2.28. The molecule has 3 fully saturated rings. The number of aromatic amines is 1. The van der Waals surface area contributed by atoms with Gasteiger partial charge in [0.05, 0.1) is 35.0 Å². The number of rotatable bonds is 4. The zero-order chi connectivity index (χ0) is 22.5. The van der Waals surface area contributed by atoms with E-state index in [9.17, 15) is 9.32 Å². The van der Waals surface area contributed by atoms with Crippen molar-refractivity contribution in [1.29, 1.82) is 0 Å². The second kappa shape index (κ2) is 8.56. The van der Waals surface area contributed by atoms with Crippen LogP contribution < -0.4 is 9.64 Å². The van der Waals surface area contributed by atoms with Crippen LogP contribution in [0.5, 0.6) is 5.88 Å². The highest BCUT2D eigenvalue weighted by Crippen LogP contribution is 2.34. The van der Waals surface area contributed by atoms with E-state index in [-0.39, 0.29) is 24.9 Å². The van der Waals surface area contributed by atoms with Crippen molar-refractivity contribution in [2.45, 2.75) is 24.4 Å². The molecule has 2 aromatic heterocycles. The molecule has 174 valence electrons. The molecule has 3 aromatic rings. The van der Waals surface area contributed by atoms with Gasteiger partial charge in [0.1, 0.15) is 18.3 Å². The maximum atomic E-state index is 11.6. The Balaban J connectivity index is 1.22. The Morgan fingerprint density at radius 1 is 1.12 bits per heavy atom. The number of hydrogen-bond acceptors (Lipinski definition) is 7. The monoisotopic (exact) mass is 489 g/mol. The average molecular weight is 490 g/mol. The predicted molar refractivity (Wildman–Crippen MR) is 127 cm³/mol. The van der Waals surface area contributed by atoms with Crippen molar-refractivity contribution in [3.8, 4) is 17.1 Å². The van der Waals surface area contributed by atoms with Crippen LogP contribution in [-0.2, 0) is 20.3 Å². The van der Waals surface area contributed by atoms with Crippen LogP contribution in [0.4, 0.5) is 5.69 Å². The summed E-state index contributed by atoms with van der Waals surface area (Å²) in [6.07, 6.45) is -1.53. The van der Waals surface area contributed by atoms with Crippen LogP contribution in [0.15, 0.2) is 36.4 Å². The highest BCUT2D eigenvalue weighted by Gasteiger charge is 2.48. The number of aliphatic hydroxyl groups excluding tert-OH is 1. The Morgan fingerprint density at radius 3 is 2.67 bits per heavy atom. The summed E-state index contributed by atoms with van der Waals surface area (Å²) in [5, 5.41) is 10.5. The molecule has 2 N–H and O–H groups in total. The van der Waals surface area contributed by atoms with E-state index in [2.05, 4.69) is 22.0 Å². The number of ether oxygens (including phenoxy) is 3. The minimum absolute atomic E-state index is 0.262. The van der Waals surface area contributed by atoms with E-state index < -0.39 is 16.9 Å². The predicted octanol–water partition coefficient (Wildman–Crippen LogP) is 2.36. The molecular weight excluding hydrogens is 466 g/mol. The van der Waals surface area contributed by atoms with E-state index in [1.807, 2.05) is 24.3 Å². The van der Waals surface area contributed by atoms with Gasteiger partial charge in [-0.25, -0.2) is 4.98 Å². The van der Waals surface area contributed by atoms with E-state index in [0.717, 1.165) is 35.4 Å². The molecule has 6 rings (SSSR count). The van der Waals surface area contributed by atoms with Gasteiger partial charge in [-0.2, -0.15) is 0 Å². The zero-order valence-corrected chi connectivity index (χ0v) is 19.3. The first-order chi connectivity index (χ1) is 16.0. The molecule has 5 heterocycles. The van der Waals surface area contributed by atoms with Crippen LogP contribution in [0.2, 0.25) is 5.02 Å². The molecule has 0 bridgehead atoms. The summed E-state index contributed by atoms with van der Waals surface area (Å²) >= 11 is 6.58. The Labute approximate surface area is 198 Å². The number of fused-ring (bicyclic) bond motifs is 2. The van der Waals surface area contributed by atoms with Crippen molar-refractivity contribution in [2.24, 2.45) is 0 Å². The van der Waals surface area contributed by atoms with Gasteiger partial charge in [0.25, 0.3) is 0 Å². The first kappa shape index (κ1) is 21.4. The van der Waals surface area contributed by atoms with Crippen LogP contribution in [0.1, 0.15) is 0 Å². The molecule has 0 unspecified atom stereocenters. The number of pyridine rings is 1. The summed E-state index contributed by atoms with van der Waals surface area (Å²) in [6, 6.07) is 11.8. The molecule has 8 nitrogen and oxygen atoms in total. The highest BCUT2D eigenvalue weighted by molar-refractivity contribution is 7.85. The summed E-state index contributed by atoms with van der Waals surface area (Å²) in [6.45, 7) is 2.24. The lowest BCUT2D eigenvalue weighted by molar-refractivity contribution is 0.00794. The molecular formula is C23H24ClN3O5S. The number of aliphatic hydroxyl groups is 1. The van der Waals surface area contributed by atoms with Crippen LogP contribution in [0.25, 0.3) is 22.3 Å². The number of nitrogens with zero attached hydrogens (tertiary/aromatic N) is 2. The van der Waals surface area contributed by atoms with Crippen LogP contribution in [0, 0.1) is 0 Å². The fourth-order valence-electron chi connectivity index (χ4n) is 4.71. The fraction of sp³-hybridized carbons (Fsp3) is 0.435. The van der Waals surface area contributed by atoms with Crippen molar-refractivity contribution in [1.82, 2.24) is 9.97 Å². The Hall–Kier alpha value is -2.17. The molecule has 0 aliphatic carbocycles. The minimum Gasteiger partial charge on any atom is -0.470 e. The molecule has 3 aliphatic heterocycles. The van der Waals surface area contributed by atoms with Gasteiger partial charge in [0.2, 0.25) is 0 Å². The van der Waals surface area contributed by atoms with Gasteiger partial charge in [-0.05, 0) is 18.2 Å². The largest absolute Gasteiger partial charge is 0.470 e. The molecule has 3 saturated heterocycles. The molecule has 0 spiro atoms. The molecule has 3 aliphatic rings. The smallest absolute Gasteiger partial charge is 0.193 e. The van der Waals surface area contributed by atoms with E-state index in [1.165, 1.54) is 0 Å². The number of H-pyrrole nitrogens is 1. The fourth-order valence-corrected chi connectivity index (χ4v) is 6.02. The topological polar surface area (TPSA) is 96.9 Å². The zero-order valence-electron chi connectivity index (χ0n) is 17.8. The third-order valence-corrected chi connectivity index (χ3v) is 8.04. The third-order valence-electron chi connectivity index (χ3n) is 6.47. The summed E-state index contributed by atoms with van der Waals surface area (Å²) in [4.78, 5) is 10.2. The maximum absolute atomic E-state index is 11.6. The molecule has 0 radical (unpaired) electrons. The van der Waals surface area contributed by atoms with Gasteiger partial charge in [0.15, 0.2) is 12.0 Å². The first-order valence-corrected chi connectivity index (χ1v) is 12.9. The standard InChI is InChI=1S/C23H24ClN3O5S/c24-15-9-16-17(10-20(25-16)32-19-12-31-22-18(28)11-30-23(19)22)26-21(15)13-1-3-14(4-2-13)27-5-7-33(29)8-6-27/h1-4,9-10,18-19,22-23,25,28H,5-8,11-12H2/t18-,19-,22-,23-/m1/s1. The van der Waals surface area contributed by atoms with Gasteiger partial charge in [-0.1, -0.05) is 23.7 Å². The Morgan fingerprint density at radius 2 is 1.88 bits per heavy atom. The number of nitrogens with one attached hydrogen (secondary N) is 1. The number of aromatic nitrogens is 2. The second-order valence-electron chi connectivity index (χ2n) is 8.59. The maximum Gasteiger partial charge on any atom is 0.193 e. The van der Waals surface area contributed by atoms with Gasteiger partial charge in [-0.15, -0.1) is 0 Å². The minimum atomic E-state index is -0.696. The number of halogens is 1. The van der Waals surface area contributed by atoms with E-state index >= 15 is 0 Å². The third kappa shape index (κ3) is 4.02. The molecule has 33 heavy (non-hydrogen) atoms. The van der Waals surface area contributed by atoms with Crippen molar-refractivity contribution < 1.29 is 23.5 Å². The number of anilines is 1. The summed E-state index contributed by atoms with van der Waals surface area (Å²) in [7, 11) is -0.696. The van der Waals surface area contributed by atoms with Crippen molar-refractivity contribution in [3.63, 3.8) is 0 Å². The summed E-state index contributed by atoms with van der Waals surface area (Å²) in [5.74, 6) is 1.98. The molecule has 10 heteroatoms. The summed E-state index contributed by atoms with van der Waals surface area (Å²) in [5.41, 5.74) is 4.26. The first-order valence-electron chi connectivity index (χ1n) is 11.0. The summed E-state index contributed by atoms with van der Waals surface area (Å²) < 4.78 is 28.9. The lowest BCUT2D eigenvalue weighted by Crippen LogP contribution is -2.37. The SMILES string of the molecule is O=S1CCN(c2ccc(-c3nc4cc(O[C@@H]5CO[C@H]6[C@@H]5OC[C@H]6O)[nH]c4cc3Cl)cc2)CC1. The van der Waals surface area contributed by atoms with Crippen molar-refractivity contribution in [2.75, 3.05) is 42.7 Å². The van der Waals surface area contributed by atoms with Crippen molar-refractivity contribution >= 4 is 39.1 Å². The van der Waals surface area contributed by atoms with Crippen molar-refractivity contribution in [3.05, 3.63) is 41.4 Å². The molecule has 0 saturated carbocycles. The Bertz CT molecular complexity index is 1190.